The van der Waals surface area contributed by atoms with Crippen LogP contribution in [-0.2, 0) is 9.53 Å². The molecule has 6 nitrogen and oxygen atoms in total. The molecule has 1 saturated heterocycles. The Morgan fingerprint density at radius 3 is 2.64 bits per heavy atom. The van der Waals surface area contributed by atoms with Gasteiger partial charge >= 0.3 is 0 Å². The number of nitrogens with zero attached hydrogens (tertiary/aromatic N) is 2. The molecule has 2 atom stereocenters. The van der Waals surface area contributed by atoms with Crippen LogP contribution >= 0.6 is 0 Å². The Labute approximate surface area is 129 Å². The Morgan fingerprint density at radius 2 is 2.05 bits per heavy atom. The fraction of sp³-hybridized carbons (Fsp3) is 0.375. The maximum absolute atomic E-state index is 12.2. The van der Waals surface area contributed by atoms with Gasteiger partial charge in [-0.3, -0.25) is 4.79 Å². The van der Waals surface area contributed by atoms with Crippen molar-refractivity contribution in [3.63, 3.8) is 0 Å². The monoisotopic (exact) mass is 301 g/mol. The van der Waals surface area contributed by atoms with Crippen molar-refractivity contribution in [2.45, 2.75) is 26.1 Å². The zero-order valence-corrected chi connectivity index (χ0v) is 12.6. The first kappa shape index (κ1) is 15.9. The number of rotatable bonds is 3. The Bertz CT molecular complexity index is 611. The predicted octanol–water partition coefficient (Wildman–Crippen LogP) is 1.85. The minimum atomic E-state index is -0.546. The van der Waals surface area contributed by atoms with Gasteiger partial charge in [-0.1, -0.05) is 12.1 Å². The van der Waals surface area contributed by atoms with Crippen LogP contribution in [0.15, 0.2) is 36.0 Å². The van der Waals surface area contributed by atoms with Crippen LogP contribution in [0.4, 0.5) is 5.69 Å². The first-order valence-corrected chi connectivity index (χ1v) is 7.10. The summed E-state index contributed by atoms with van der Waals surface area (Å²) in [5, 5.41) is 21.4. The molecule has 1 aliphatic rings. The number of phenolic OH excluding ortho intramolecular Hbond substituents is 1. The molecule has 2 N–H and O–H groups in total. The molecule has 6 heteroatoms. The maximum Gasteiger partial charge on any atom is 0.267 e. The number of hydrogen-bond donors (Lipinski definition) is 2. The average Bonchev–Trinajstić information content (AvgIpc) is 2.46. The van der Waals surface area contributed by atoms with E-state index in [2.05, 4.69) is 5.32 Å². The van der Waals surface area contributed by atoms with E-state index in [1.807, 2.05) is 24.8 Å². The molecule has 0 saturated carbocycles. The van der Waals surface area contributed by atoms with Crippen molar-refractivity contribution in [3.05, 3.63) is 36.0 Å². The number of nitriles is 1. The van der Waals surface area contributed by atoms with Gasteiger partial charge in [-0.2, -0.15) is 5.26 Å². The second-order valence-corrected chi connectivity index (χ2v) is 5.34. The minimum Gasteiger partial charge on any atom is -0.506 e. The molecule has 1 aliphatic heterocycles. The molecule has 1 aromatic carbocycles. The summed E-state index contributed by atoms with van der Waals surface area (Å²) in [6, 6.07) is 8.29. The highest BCUT2D eigenvalue weighted by molar-refractivity contribution is 6.07. The van der Waals surface area contributed by atoms with E-state index in [9.17, 15) is 15.2 Å². The summed E-state index contributed by atoms with van der Waals surface area (Å²) in [6.07, 6.45) is 1.63. The van der Waals surface area contributed by atoms with Gasteiger partial charge in [0.15, 0.2) is 0 Å². The highest BCUT2D eigenvalue weighted by Gasteiger charge is 2.21. The lowest BCUT2D eigenvalue weighted by Gasteiger charge is -2.34. The van der Waals surface area contributed by atoms with Crippen molar-refractivity contribution < 1.29 is 14.6 Å². The van der Waals surface area contributed by atoms with E-state index >= 15 is 0 Å². The quantitative estimate of drug-likeness (QED) is 0.505. The van der Waals surface area contributed by atoms with E-state index in [1.54, 1.807) is 24.4 Å². The van der Waals surface area contributed by atoms with Crippen LogP contribution < -0.4 is 5.32 Å². The maximum atomic E-state index is 12.2. The first-order chi connectivity index (χ1) is 10.5. The van der Waals surface area contributed by atoms with Crippen molar-refractivity contribution in [1.82, 2.24) is 4.90 Å². The number of aromatic hydroxyl groups is 1. The molecule has 2 rings (SSSR count). The summed E-state index contributed by atoms with van der Waals surface area (Å²) in [5.41, 5.74) is 0.266. The van der Waals surface area contributed by atoms with Gasteiger partial charge < -0.3 is 20.1 Å². The predicted molar refractivity (Wildman–Crippen MR) is 82.0 cm³/mol. The highest BCUT2D eigenvalue weighted by atomic mass is 16.5. The summed E-state index contributed by atoms with van der Waals surface area (Å²) in [4.78, 5) is 14.1. The van der Waals surface area contributed by atoms with Crippen LogP contribution in [0.1, 0.15) is 13.8 Å². The smallest absolute Gasteiger partial charge is 0.267 e. The number of nitrogens with one attached hydrogen (secondary N) is 1. The second kappa shape index (κ2) is 6.96. The molecule has 0 radical (unpaired) electrons. The number of ether oxygens (including phenoxy) is 1. The highest BCUT2D eigenvalue weighted by Crippen LogP contribution is 2.22. The normalized spacial score (nSPS) is 22.0. The number of carbonyl (C=O) groups is 1. The topological polar surface area (TPSA) is 85.6 Å². The molecule has 1 heterocycles. The Kier molecular flexibility index (Phi) is 5.02. The Hall–Kier alpha value is -2.52. The molecule has 116 valence electrons. The Balaban J connectivity index is 2.10. The van der Waals surface area contributed by atoms with Crippen molar-refractivity contribution in [2.24, 2.45) is 0 Å². The number of amides is 1. The molecule has 22 heavy (non-hydrogen) atoms. The summed E-state index contributed by atoms with van der Waals surface area (Å²) in [5.74, 6) is -0.586. The standard InChI is InChI=1S/C16H19N3O3/c1-11-8-19(9-12(2)22-11)10-13(7-17)16(21)18-14-5-3-4-6-15(14)20/h3-6,10-12,20H,8-9H2,1-2H3,(H,18,21)/b13-10-. The third-order valence-corrected chi connectivity index (χ3v) is 3.28. The van der Waals surface area contributed by atoms with E-state index in [4.69, 9.17) is 4.74 Å². The summed E-state index contributed by atoms with van der Waals surface area (Å²) < 4.78 is 5.62. The fourth-order valence-electron chi connectivity index (χ4n) is 2.41. The lowest BCUT2D eigenvalue weighted by molar-refractivity contribution is -0.112. The van der Waals surface area contributed by atoms with Crippen LogP contribution in [0.5, 0.6) is 5.75 Å². The summed E-state index contributed by atoms with van der Waals surface area (Å²) in [7, 11) is 0. The van der Waals surface area contributed by atoms with Crippen LogP contribution in [0, 0.1) is 11.3 Å². The number of benzene rings is 1. The molecular weight excluding hydrogens is 282 g/mol. The van der Waals surface area contributed by atoms with Gasteiger partial charge in [-0.25, -0.2) is 0 Å². The van der Waals surface area contributed by atoms with Crippen LogP contribution in [0.2, 0.25) is 0 Å². The number of carbonyl (C=O) groups excluding carboxylic acids is 1. The van der Waals surface area contributed by atoms with E-state index in [0.717, 1.165) is 0 Å². The van der Waals surface area contributed by atoms with E-state index in [0.29, 0.717) is 13.1 Å². The minimum absolute atomic E-state index is 0.00967. The average molecular weight is 301 g/mol. The molecule has 2 unspecified atom stereocenters. The van der Waals surface area contributed by atoms with Gasteiger partial charge in [0.25, 0.3) is 5.91 Å². The molecule has 1 fully saturated rings. The fourth-order valence-corrected chi connectivity index (χ4v) is 2.41. The van der Waals surface area contributed by atoms with Crippen molar-refractivity contribution in [3.8, 4) is 11.8 Å². The molecule has 0 bridgehead atoms. The van der Waals surface area contributed by atoms with Crippen LogP contribution in [0.3, 0.4) is 0 Å². The van der Waals surface area contributed by atoms with Gasteiger partial charge in [0.2, 0.25) is 0 Å². The van der Waals surface area contributed by atoms with Crippen molar-refractivity contribution in [2.75, 3.05) is 18.4 Å². The SMILES string of the molecule is CC1CN(/C=C(/C#N)C(=O)Nc2ccccc2O)CC(C)O1. The molecule has 0 aliphatic carbocycles. The lowest BCUT2D eigenvalue weighted by Crippen LogP contribution is -2.43. The number of morpholine rings is 1. The van der Waals surface area contributed by atoms with Gasteiger partial charge in [0, 0.05) is 19.3 Å². The first-order valence-electron chi connectivity index (χ1n) is 7.10. The van der Waals surface area contributed by atoms with Gasteiger partial charge in [-0.05, 0) is 26.0 Å². The Morgan fingerprint density at radius 1 is 1.41 bits per heavy atom. The summed E-state index contributed by atoms with van der Waals surface area (Å²) >= 11 is 0. The third-order valence-electron chi connectivity index (χ3n) is 3.28. The third kappa shape index (κ3) is 3.99. The van der Waals surface area contributed by atoms with Gasteiger partial charge in [-0.15, -0.1) is 0 Å². The zero-order valence-electron chi connectivity index (χ0n) is 12.6. The largest absolute Gasteiger partial charge is 0.506 e. The van der Waals surface area contributed by atoms with Crippen molar-refractivity contribution in [1.29, 1.82) is 5.26 Å². The number of anilines is 1. The van der Waals surface area contributed by atoms with Crippen LogP contribution in [0.25, 0.3) is 0 Å². The van der Waals surface area contributed by atoms with E-state index in [1.165, 1.54) is 6.07 Å². The number of hydrogen-bond acceptors (Lipinski definition) is 5. The van der Waals surface area contributed by atoms with Gasteiger partial charge in [0.1, 0.15) is 17.4 Å². The molecule has 0 spiro atoms. The van der Waals surface area contributed by atoms with E-state index < -0.39 is 5.91 Å². The van der Waals surface area contributed by atoms with Crippen LogP contribution in [-0.4, -0.2) is 41.2 Å². The molecular formula is C16H19N3O3. The molecule has 1 amide bonds. The van der Waals surface area contributed by atoms with Gasteiger partial charge in [0.05, 0.1) is 17.9 Å². The second-order valence-electron chi connectivity index (χ2n) is 5.34. The lowest BCUT2D eigenvalue weighted by atomic mass is 10.2. The van der Waals surface area contributed by atoms with Crippen molar-refractivity contribution >= 4 is 11.6 Å². The van der Waals surface area contributed by atoms with E-state index in [-0.39, 0.29) is 29.2 Å². The number of para-hydroxylation sites is 2. The summed E-state index contributed by atoms with van der Waals surface area (Å²) in [6.45, 7) is 5.15. The molecule has 0 aromatic heterocycles. The zero-order chi connectivity index (χ0) is 16.1. The molecule has 1 aromatic rings. The number of phenols is 1.